The molecule has 0 unspecified atom stereocenters. The molecule has 0 saturated heterocycles. The molecule has 0 saturated carbocycles. The van der Waals surface area contributed by atoms with Crippen LogP contribution >= 0.6 is 22.8 Å². The molecule has 0 heterocycles. The first-order valence-electron chi connectivity index (χ1n) is 10.9. The number of carbonyl (C=O) groups is 3. The second-order valence-corrected chi connectivity index (χ2v) is 12.1. The summed E-state index contributed by atoms with van der Waals surface area (Å²) in [6.45, 7) is 10.6. The van der Waals surface area contributed by atoms with Crippen LogP contribution in [0.25, 0.3) is 0 Å². The van der Waals surface area contributed by atoms with Gasteiger partial charge in [0.25, 0.3) is 0 Å². The number of carboxylic acid groups (broad SMARTS) is 3. The molecule has 0 bridgehead atoms. The van der Waals surface area contributed by atoms with Crippen LogP contribution in [0.2, 0.25) is 0 Å². The van der Waals surface area contributed by atoms with Gasteiger partial charge >= 0.3 is 40.1 Å². The third-order valence-corrected chi connectivity index (χ3v) is 8.77. The Morgan fingerprint density at radius 1 is 0.459 bits per heavy atom. The monoisotopic (exact) mass is 612 g/mol. The molecule has 0 N–H and O–H groups in total. The second-order valence-electron chi connectivity index (χ2n) is 5.93. The van der Waals surface area contributed by atoms with Gasteiger partial charge in [0.2, 0.25) is 0 Å². The van der Waals surface area contributed by atoms with Crippen molar-refractivity contribution in [3.8, 4) is 0 Å². The third kappa shape index (κ3) is 26.8. The molecule has 0 atom stereocenters. The summed E-state index contributed by atoms with van der Waals surface area (Å²) in [5.41, 5.74) is 0. The zero-order valence-corrected chi connectivity index (χ0v) is 25.7. The van der Waals surface area contributed by atoms with E-state index in [1.165, 1.54) is 0 Å². The molecule has 0 aromatic carbocycles. The van der Waals surface area contributed by atoms with Gasteiger partial charge in [-0.1, -0.05) is 0 Å². The molecule has 0 aromatic heterocycles. The normalized spacial score (nSPS) is 11.2. The van der Waals surface area contributed by atoms with Gasteiger partial charge in [0.1, 0.15) is 0 Å². The van der Waals surface area contributed by atoms with Crippen molar-refractivity contribution < 1.29 is 70.5 Å². The van der Waals surface area contributed by atoms with E-state index in [1.807, 2.05) is 0 Å². The number of carboxylic acids is 3. The van der Waals surface area contributed by atoms with Crippen molar-refractivity contribution in [1.82, 2.24) is 0 Å². The predicted molar refractivity (Wildman–Crippen MR) is 128 cm³/mol. The Labute approximate surface area is 228 Å². The maximum absolute atomic E-state index is 11.4. The molecule has 0 aromatic rings. The Hall–Kier alpha value is -0.608. The Bertz CT molecular complexity index is 648. The van der Waals surface area contributed by atoms with Gasteiger partial charge in [-0.3, -0.25) is 13.7 Å². The Morgan fingerprint density at radius 2 is 0.595 bits per heavy atom. The van der Waals surface area contributed by atoms with Gasteiger partial charge in [0.05, 0.1) is 76.0 Å². The first-order chi connectivity index (χ1) is 16.6. The van der Waals surface area contributed by atoms with Gasteiger partial charge in [-0.25, -0.2) is 0 Å². The topological polar surface area (TPSA) is 227 Å². The number of carbonyl (C=O) groups excluding carboxylic acids is 3. The van der Waals surface area contributed by atoms with Crippen LogP contribution in [0, 0.1) is 0 Å². The molecule has 0 aliphatic rings. The summed E-state index contributed by atoms with van der Waals surface area (Å²) >= 11 is 0. The number of hydrogen-bond acceptors (Lipinski definition) is 15. The van der Waals surface area contributed by atoms with E-state index < -0.39 is 59.2 Å². The van der Waals surface area contributed by atoms with E-state index >= 15 is 0 Å². The van der Waals surface area contributed by atoms with Crippen molar-refractivity contribution in [2.45, 2.75) is 41.5 Å². The SMILES string of the molecule is CCOP(=O)(CC(=O)[O-])OCC.CCOP(=O)(CC(=O)[O-])OCC.CCOP(=O)(CC(=O)[O-])OCC.[Al+3]. The van der Waals surface area contributed by atoms with Crippen LogP contribution in [0.5, 0.6) is 0 Å². The summed E-state index contributed by atoms with van der Waals surface area (Å²) in [6, 6.07) is 0. The fourth-order valence-corrected chi connectivity index (χ4v) is 6.12. The van der Waals surface area contributed by atoms with Gasteiger partial charge in [0, 0.05) is 0 Å². The van der Waals surface area contributed by atoms with Crippen molar-refractivity contribution in [2.24, 2.45) is 0 Å². The Morgan fingerprint density at radius 3 is 0.676 bits per heavy atom. The molecular formula is C18H36AlO15P3. The van der Waals surface area contributed by atoms with Crippen LogP contribution in [-0.4, -0.2) is 93.4 Å². The van der Waals surface area contributed by atoms with Gasteiger partial charge in [-0.15, -0.1) is 0 Å². The molecular weight excluding hydrogens is 576 g/mol. The predicted octanol–water partition coefficient (Wildman–Crippen LogP) is -0.374. The molecule has 0 aliphatic heterocycles. The first kappa shape index (κ1) is 43.4. The molecule has 15 nitrogen and oxygen atoms in total. The van der Waals surface area contributed by atoms with Crippen molar-refractivity contribution in [1.29, 1.82) is 0 Å². The van der Waals surface area contributed by atoms with Crippen molar-refractivity contribution in [3.63, 3.8) is 0 Å². The summed E-state index contributed by atoms with van der Waals surface area (Å²) in [6.07, 6.45) is -2.06. The average molecular weight is 612 g/mol. The Kier molecular flexibility index (Phi) is 28.7. The zero-order chi connectivity index (χ0) is 28.8. The van der Waals surface area contributed by atoms with E-state index in [-0.39, 0.29) is 57.0 Å². The van der Waals surface area contributed by atoms with E-state index in [2.05, 4.69) is 0 Å². The Balaban J connectivity index is -0.000000218. The number of rotatable bonds is 18. The summed E-state index contributed by atoms with van der Waals surface area (Å²) in [4.78, 5) is 30.4. The summed E-state index contributed by atoms with van der Waals surface area (Å²) in [5, 5.41) is 30.4. The van der Waals surface area contributed by atoms with Crippen molar-refractivity contribution in [3.05, 3.63) is 0 Å². The number of hydrogen-bond donors (Lipinski definition) is 0. The molecule has 37 heavy (non-hydrogen) atoms. The second kappa shape index (κ2) is 24.4. The van der Waals surface area contributed by atoms with Crippen molar-refractivity contribution >= 4 is 58.1 Å². The van der Waals surface area contributed by atoms with E-state index in [0.29, 0.717) is 0 Å². The minimum absolute atomic E-state index is 0. The molecule has 0 rings (SSSR count). The van der Waals surface area contributed by atoms with Gasteiger partial charge in [0.15, 0.2) is 0 Å². The zero-order valence-electron chi connectivity index (χ0n) is 21.9. The molecule has 0 amide bonds. The third-order valence-electron chi connectivity index (χ3n) is 2.92. The van der Waals surface area contributed by atoms with E-state index in [9.17, 15) is 43.4 Å². The standard InChI is InChI=1S/3C6H13O5P.Al/c3*1-3-10-12(9,11-4-2)5-6(7)8;/h3*3-5H2,1-2H3,(H,7,8);/q;;;+3/p-3. The molecule has 19 heteroatoms. The van der Waals surface area contributed by atoms with Crippen LogP contribution in [0.1, 0.15) is 41.5 Å². The van der Waals surface area contributed by atoms with Crippen LogP contribution in [0.3, 0.4) is 0 Å². The first-order valence-corrected chi connectivity index (χ1v) is 16.0. The van der Waals surface area contributed by atoms with Crippen LogP contribution in [0.15, 0.2) is 0 Å². The fraction of sp³-hybridized carbons (Fsp3) is 0.833. The molecule has 0 spiro atoms. The summed E-state index contributed by atoms with van der Waals surface area (Å²) in [7, 11) is -10.3. The minimum Gasteiger partial charge on any atom is -0.549 e. The molecule has 0 aliphatic carbocycles. The maximum Gasteiger partial charge on any atom is 3.00 e. The van der Waals surface area contributed by atoms with Crippen LogP contribution < -0.4 is 15.3 Å². The van der Waals surface area contributed by atoms with Crippen LogP contribution in [0.4, 0.5) is 0 Å². The maximum atomic E-state index is 11.4. The summed E-state index contributed by atoms with van der Waals surface area (Å²) in [5.74, 6) is -4.29. The molecule has 216 valence electrons. The van der Waals surface area contributed by atoms with E-state index in [1.54, 1.807) is 41.5 Å². The van der Waals surface area contributed by atoms with Gasteiger partial charge in [-0.05, 0) is 41.5 Å². The quantitative estimate of drug-likeness (QED) is 0.142. The average Bonchev–Trinajstić information content (AvgIpc) is 2.67. The van der Waals surface area contributed by atoms with Crippen LogP contribution in [-0.2, 0) is 55.2 Å². The fourth-order valence-electron chi connectivity index (χ4n) is 2.04. The smallest absolute Gasteiger partial charge is 0.549 e. The van der Waals surface area contributed by atoms with E-state index in [0.717, 1.165) is 0 Å². The van der Waals surface area contributed by atoms with E-state index in [4.69, 9.17) is 27.1 Å². The molecule has 0 fully saturated rings. The van der Waals surface area contributed by atoms with Crippen molar-refractivity contribution in [2.75, 3.05) is 58.1 Å². The van der Waals surface area contributed by atoms with Gasteiger partial charge < -0.3 is 56.8 Å². The van der Waals surface area contributed by atoms with Gasteiger partial charge in [-0.2, -0.15) is 0 Å². The number of aliphatic carboxylic acids is 3. The summed E-state index contributed by atoms with van der Waals surface area (Å²) < 4.78 is 62.2. The largest absolute Gasteiger partial charge is 3.00 e. The minimum atomic E-state index is -3.44. The molecule has 0 radical (unpaired) electrons.